The highest BCUT2D eigenvalue weighted by Gasteiger charge is 2.49. The van der Waals surface area contributed by atoms with E-state index in [0.29, 0.717) is 12.0 Å². The number of hydrogen-bond donors (Lipinski definition) is 0. The van der Waals surface area contributed by atoms with Crippen molar-refractivity contribution in [3.63, 3.8) is 0 Å². The van der Waals surface area contributed by atoms with Gasteiger partial charge in [-0.05, 0) is 13.8 Å². The van der Waals surface area contributed by atoms with E-state index in [0.717, 1.165) is 6.20 Å². The molecule has 0 unspecified atom stereocenters. The van der Waals surface area contributed by atoms with Crippen LogP contribution in [0.2, 0.25) is 0 Å². The van der Waals surface area contributed by atoms with Crippen molar-refractivity contribution in [2.75, 3.05) is 6.54 Å². The Morgan fingerprint density at radius 1 is 1.48 bits per heavy atom. The number of fused-ring (bicyclic) bond motifs is 4. The molecule has 2 aliphatic heterocycles. The summed E-state index contributed by atoms with van der Waals surface area (Å²) in [7, 11) is 0. The molecule has 2 atom stereocenters. The number of rotatable bonds is 2. The number of hydrogen-bond acceptors (Lipinski definition) is 3. The molecule has 2 aliphatic rings. The fraction of sp³-hybridized carbons (Fsp3) is 0.571. The number of amides is 1. The Bertz CT molecular complexity index is 592. The zero-order chi connectivity index (χ0) is 15.4. The number of nitrogens with zero attached hydrogens (tertiary/aromatic N) is 2. The summed E-state index contributed by atoms with van der Waals surface area (Å²) < 4.78 is 45.4. The van der Waals surface area contributed by atoms with Crippen LogP contribution >= 0.6 is 0 Å². The molecule has 4 nitrogen and oxygen atoms in total. The summed E-state index contributed by atoms with van der Waals surface area (Å²) in [5.41, 5.74) is -1.33. The lowest BCUT2D eigenvalue weighted by molar-refractivity contribution is -0.149. The van der Waals surface area contributed by atoms with Crippen molar-refractivity contribution in [3.05, 3.63) is 23.8 Å². The summed E-state index contributed by atoms with van der Waals surface area (Å²) in [4.78, 5) is 17.6. The van der Waals surface area contributed by atoms with E-state index in [1.54, 1.807) is 0 Å². The average Bonchev–Trinajstić information content (AvgIpc) is 2.77. The van der Waals surface area contributed by atoms with Crippen molar-refractivity contribution in [2.24, 2.45) is 5.41 Å². The van der Waals surface area contributed by atoms with E-state index in [1.165, 1.54) is 24.9 Å². The summed E-state index contributed by atoms with van der Waals surface area (Å²) in [5, 5.41) is 0. The molecule has 0 saturated carbocycles. The Labute approximate surface area is 119 Å². The first kappa shape index (κ1) is 14.2. The molecule has 2 bridgehead atoms. The van der Waals surface area contributed by atoms with Crippen molar-refractivity contribution >= 4 is 5.91 Å². The molecule has 21 heavy (non-hydrogen) atoms. The highest BCUT2D eigenvalue weighted by Crippen LogP contribution is 2.46. The maximum atomic E-state index is 13.7. The summed E-state index contributed by atoms with van der Waals surface area (Å²) in [6, 6.07) is -0.451. The van der Waals surface area contributed by atoms with Gasteiger partial charge in [-0.2, -0.15) is 0 Å². The summed E-state index contributed by atoms with van der Waals surface area (Å²) in [6.07, 6.45) is -0.184. The molecular weight excluding hydrogens is 285 g/mol. The standard InChI is InChI=1S/C14H15F3N2O2/c1-14(2,12(16)17)13(20)19-6-7-3-10(19)8-4-18-5-9(15)11(8)21-7/h4-5,7,10,12H,3,6H2,1-2H3/t7-,10-/m0/s1. The lowest BCUT2D eigenvalue weighted by Crippen LogP contribution is -2.44. The maximum Gasteiger partial charge on any atom is 0.252 e. The highest BCUT2D eigenvalue weighted by atomic mass is 19.3. The van der Waals surface area contributed by atoms with Gasteiger partial charge in [0.2, 0.25) is 5.91 Å². The van der Waals surface area contributed by atoms with Gasteiger partial charge in [-0.25, -0.2) is 13.2 Å². The second kappa shape index (κ2) is 4.61. The first-order chi connectivity index (χ1) is 9.82. The Morgan fingerprint density at radius 3 is 2.86 bits per heavy atom. The predicted molar refractivity (Wildman–Crippen MR) is 67.5 cm³/mol. The lowest BCUT2D eigenvalue weighted by atomic mass is 9.91. The van der Waals surface area contributed by atoms with Gasteiger partial charge in [0.15, 0.2) is 11.6 Å². The van der Waals surface area contributed by atoms with Crippen molar-refractivity contribution in [1.82, 2.24) is 9.88 Å². The molecule has 1 saturated heterocycles. The van der Waals surface area contributed by atoms with Crippen LogP contribution in [-0.2, 0) is 4.79 Å². The SMILES string of the molecule is CC(C)(C(=O)N1C[C@@H]2C[C@H]1c1cncc(F)c1O2)C(F)F. The summed E-state index contributed by atoms with van der Waals surface area (Å²) in [6.45, 7) is 2.62. The molecule has 3 heterocycles. The molecule has 7 heteroatoms. The number of aromatic nitrogens is 1. The monoisotopic (exact) mass is 300 g/mol. The lowest BCUT2D eigenvalue weighted by Gasteiger charge is -2.32. The van der Waals surface area contributed by atoms with Gasteiger partial charge in [0, 0.05) is 18.2 Å². The van der Waals surface area contributed by atoms with Crippen LogP contribution < -0.4 is 4.74 Å². The average molecular weight is 300 g/mol. The van der Waals surface area contributed by atoms with Crippen molar-refractivity contribution in [2.45, 2.75) is 38.8 Å². The minimum atomic E-state index is -2.77. The summed E-state index contributed by atoms with van der Waals surface area (Å²) in [5.74, 6) is -1.16. The van der Waals surface area contributed by atoms with Gasteiger partial charge < -0.3 is 9.64 Å². The number of alkyl halides is 2. The first-order valence-electron chi connectivity index (χ1n) is 6.71. The minimum Gasteiger partial charge on any atom is -0.485 e. The number of halogens is 3. The van der Waals surface area contributed by atoms with E-state index >= 15 is 0 Å². The molecule has 3 rings (SSSR count). The molecule has 0 aromatic carbocycles. The topological polar surface area (TPSA) is 42.4 Å². The van der Waals surface area contributed by atoms with Crippen molar-refractivity contribution in [1.29, 1.82) is 0 Å². The van der Waals surface area contributed by atoms with Gasteiger partial charge in [-0.15, -0.1) is 0 Å². The number of pyridine rings is 1. The minimum absolute atomic E-state index is 0.0800. The number of likely N-dealkylation sites (tertiary alicyclic amines) is 1. The van der Waals surface area contributed by atoms with Crippen LogP contribution in [0.3, 0.4) is 0 Å². The Balaban J connectivity index is 1.96. The molecule has 0 N–H and O–H groups in total. The molecule has 114 valence electrons. The van der Waals surface area contributed by atoms with Gasteiger partial charge in [0.1, 0.15) is 11.5 Å². The molecular formula is C14H15F3N2O2. The largest absolute Gasteiger partial charge is 0.485 e. The quantitative estimate of drug-likeness (QED) is 0.843. The number of carbonyl (C=O) groups excluding carboxylic acids is 1. The third-order valence-corrected chi connectivity index (χ3v) is 4.14. The van der Waals surface area contributed by atoms with Crippen molar-refractivity contribution in [3.8, 4) is 5.75 Å². The Morgan fingerprint density at radius 2 is 2.19 bits per heavy atom. The second-order valence-electron chi connectivity index (χ2n) is 6.01. The molecule has 1 aromatic rings. The Hall–Kier alpha value is -1.79. The smallest absolute Gasteiger partial charge is 0.252 e. The van der Waals surface area contributed by atoms with E-state index in [2.05, 4.69) is 4.98 Å². The fourth-order valence-corrected chi connectivity index (χ4v) is 2.83. The fourth-order valence-electron chi connectivity index (χ4n) is 2.83. The summed E-state index contributed by atoms with van der Waals surface area (Å²) >= 11 is 0. The predicted octanol–water partition coefficient (Wildman–Crippen LogP) is 2.55. The van der Waals surface area contributed by atoms with E-state index < -0.39 is 29.6 Å². The third kappa shape index (κ3) is 2.06. The van der Waals surface area contributed by atoms with Crippen LogP contribution in [0.15, 0.2) is 12.4 Å². The highest BCUT2D eigenvalue weighted by molar-refractivity contribution is 5.83. The van der Waals surface area contributed by atoms with Crippen LogP contribution in [0.5, 0.6) is 5.75 Å². The van der Waals surface area contributed by atoms with E-state index in [1.807, 2.05) is 0 Å². The van der Waals surface area contributed by atoms with Crippen LogP contribution in [0.4, 0.5) is 13.2 Å². The van der Waals surface area contributed by atoms with E-state index in [-0.39, 0.29) is 18.4 Å². The normalized spacial score (nSPS) is 24.0. The van der Waals surface area contributed by atoms with Gasteiger partial charge in [-0.1, -0.05) is 0 Å². The third-order valence-electron chi connectivity index (χ3n) is 4.14. The zero-order valence-electron chi connectivity index (χ0n) is 11.6. The van der Waals surface area contributed by atoms with Crippen LogP contribution in [-0.4, -0.2) is 34.9 Å². The van der Waals surface area contributed by atoms with Gasteiger partial charge in [0.25, 0.3) is 6.43 Å². The molecule has 0 radical (unpaired) electrons. The number of carbonyl (C=O) groups is 1. The van der Waals surface area contributed by atoms with Gasteiger partial charge >= 0.3 is 0 Å². The zero-order valence-corrected chi connectivity index (χ0v) is 11.6. The van der Waals surface area contributed by atoms with Crippen LogP contribution in [0.1, 0.15) is 31.9 Å². The van der Waals surface area contributed by atoms with Crippen LogP contribution in [0, 0.1) is 11.2 Å². The van der Waals surface area contributed by atoms with Gasteiger partial charge in [0.05, 0.1) is 18.8 Å². The maximum absolute atomic E-state index is 13.7. The van der Waals surface area contributed by atoms with E-state index in [4.69, 9.17) is 4.74 Å². The van der Waals surface area contributed by atoms with Crippen molar-refractivity contribution < 1.29 is 22.7 Å². The molecule has 1 fully saturated rings. The second-order valence-corrected chi connectivity index (χ2v) is 6.01. The molecule has 1 aromatic heterocycles. The first-order valence-corrected chi connectivity index (χ1v) is 6.71. The number of ether oxygens (including phenoxy) is 1. The molecule has 1 amide bonds. The Kier molecular flexibility index (Phi) is 3.11. The molecule has 0 spiro atoms. The van der Waals surface area contributed by atoms with E-state index in [9.17, 15) is 18.0 Å². The van der Waals surface area contributed by atoms with Gasteiger partial charge in [-0.3, -0.25) is 9.78 Å². The van der Waals surface area contributed by atoms with Crippen LogP contribution in [0.25, 0.3) is 0 Å². The molecule has 0 aliphatic carbocycles.